The smallest absolute Gasteiger partial charge is 0.399 e. The van der Waals surface area contributed by atoms with Gasteiger partial charge in [-0.25, -0.2) is 4.79 Å². The summed E-state index contributed by atoms with van der Waals surface area (Å²) in [4.78, 5) is 11.6. The van der Waals surface area contributed by atoms with Crippen LogP contribution in [0.4, 0.5) is 0 Å². The van der Waals surface area contributed by atoms with Gasteiger partial charge in [-0.2, -0.15) is 0 Å². The van der Waals surface area contributed by atoms with E-state index in [1.165, 1.54) is 6.26 Å². The number of thioether (sulfide) groups is 1. The highest BCUT2D eigenvalue weighted by atomic mass is 35.5. The molecule has 3 nitrogen and oxygen atoms in total. The van der Waals surface area contributed by atoms with Gasteiger partial charge in [0.2, 0.25) is 0 Å². The van der Waals surface area contributed by atoms with E-state index in [2.05, 4.69) is 4.42 Å². The third-order valence-corrected chi connectivity index (χ3v) is 2.98. The van der Waals surface area contributed by atoms with Crippen LogP contribution in [0.3, 0.4) is 0 Å². The molecule has 0 aliphatic rings. The normalized spacial score (nSPS) is 10.5. The fraction of sp³-hybridized carbons (Fsp3) is 0.100. The Kier molecular flexibility index (Phi) is 3.18. The lowest BCUT2D eigenvalue weighted by atomic mass is 10.4. The highest BCUT2D eigenvalue weighted by Gasteiger charge is 2.02. The van der Waals surface area contributed by atoms with Crippen molar-refractivity contribution in [2.75, 3.05) is 0 Å². The van der Waals surface area contributed by atoms with E-state index in [4.69, 9.17) is 16.0 Å². The number of halogens is 1. The quantitative estimate of drug-likeness (QED) is 0.776. The molecule has 0 spiro atoms. The van der Waals surface area contributed by atoms with Gasteiger partial charge in [0, 0.05) is 9.92 Å². The number of benzene rings is 1. The molecule has 5 heteroatoms. The van der Waals surface area contributed by atoms with Gasteiger partial charge in [-0.1, -0.05) is 11.6 Å². The summed E-state index contributed by atoms with van der Waals surface area (Å²) in [6, 6.07) is 7.45. The first-order chi connectivity index (χ1) is 7.24. The SMILES string of the molecule is O=c1occ(CSc2ccc(Cl)cc2)o1. The van der Waals surface area contributed by atoms with Gasteiger partial charge in [0.05, 0.1) is 5.75 Å². The molecular formula is C10H7ClO3S. The van der Waals surface area contributed by atoms with E-state index < -0.39 is 5.82 Å². The first-order valence-electron chi connectivity index (χ1n) is 4.20. The molecule has 0 radical (unpaired) electrons. The minimum absolute atomic E-state index is 0.528. The van der Waals surface area contributed by atoms with Crippen molar-refractivity contribution in [1.82, 2.24) is 0 Å². The Morgan fingerprint density at radius 2 is 2.00 bits per heavy atom. The van der Waals surface area contributed by atoms with Crippen LogP contribution in [-0.4, -0.2) is 0 Å². The van der Waals surface area contributed by atoms with Crippen molar-refractivity contribution >= 4 is 23.4 Å². The lowest BCUT2D eigenvalue weighted by Gasteiger charge is -1.97. The van der Waals surface area contributed by atoms with Crippen molar-refractivity contribution in [3.05, 3.63) is 51.9 Å². The molecule has 0 aliphatic heterocycles. The van der Waals surface area contributed by atoms with Gasteiger partial charge >= 0.3 is 5.82 Å². The van der Waals surface area contributed by atoms with E-state index in [0.717, 1.165) is 4.90 Å². The molecule has 0 N–H and O–H groups in total. The van der Waals surface area contributed by atoms with Crippen LogP contribution in [0, 0.1) is 0 Å². The molecule has 0 amide bonds. The fourth-order valence-corrected chi connectivity index (χ4v) is 1.91. The van der Waals surface area contributed by atoms with Crippen LogP contribution in [0.25, 0.3) is 0 Å². The van der Waals surface area contributed by atoms with Gasteiger partial charge < -0.3 is 8.83 Å². The molecule has 1 aromatic carbocycles. The minimum atomic E-state index is -0.665. The second-order valence-corrected chi connectivity index (χ2v) is 4.28. The molecule has 15 heavy (non-hydrogen) atoms. The average Bonchev–Trinajstić information content (AvgIpc) is 2.64. The topological polar surface area (TPSA) is 43.4 Å². The Morgan fingerprint density at radius 1 is 1.27 bits per heavy atom. The van der Waals surface area contributed by atoms with Crippen LogP contribution >= 0.6 is 23.4 Å². The molecule has 0 saturated heterocycles. The average molecular weight is 243 g/mol. The first kappa shape index (κ1) is 10.4. The van der Waals surface area contributed by atoms with Crippen LogP contribution in [0.2, 0.25) is 5.02 Å². The second kappa shape index (κ2) is 4.59. The fourth-order valence-electron chi connectivity index (χ4n) is 1.02. The Morgan fingerprint density at radius 3 is 2.60 bits per heavy atom. The van der Waals surface area contributed by atoms with E-state index in [-0.39, 0.29) is 0 Å². The van der Waals surface area contributed by atoms with Crippen LogP contribution in [-0.2, 0) is 5.75 Å². The van der Waals surface area contributed by atoms with Crippen molar-refractivity contribution in [1.29, 1.82) is 0 Å². The zero-order valence-electron chi connectivity index (χ0n) is 7.60. The lowest BCUT2D eigenvalue weighted by molar-refractivity contribution is 0.378. The summed E-state index contributed by atoms with van der Waals surface area (Å²) in [7, 11) is 0. The number of hydrogen-bond acceptors (Lipinski definition) is 4. The first-order valence-corrected chi connectivity index (χ1v) is 5.56. The van der Waals surface area contributed by atoms with Crippen molar-refractivity contribution in [3.8, 4) is 0 Å². The van der Waals surface area contributed by atoms with Gasteiger partial charge in [0.1, 0.15) is 6.26 Å². The zero-order valence-corrected chi connectivity index (χ0v) is 9.18. The Labute approximate surface area is 95.0 Å². The number of rotatable bonds is 3. The highest BCUT2D eigenvalue weighted by molar-refractivity contribution is 7.98. The molecule has 1 aromatic heterocycles. The second-order valence-electron chi connectivity index (χ2n) is 2.80. The minimum Gasteiger partial charge on any atom is -0.399 e. The lowest BCUT2D eigenvalue weighted by Crippen LogP contribution is -1.86. The van der Waals surface area contributed by atoms with Crippen molar-refractivity contribution in [2.45, 2.75) is 10.6 Å². The van der Waals surface area contributed by atoms with Crippen LogP contribution in [0.5, 0.6) is 0 Å². The molecule has 78 valence electrons. The molecule has 0 saturated carbocycles. The Hall–Kier alpha value is -1.13. The van der Waals surface area contributed by atoms with E-state index in [1.807, 2.05) is 24.3 Å². The molecular weight excluding hydrogens is 236 g/mol. The van der Waals surface area contributed by atoms with E-state index in [1.54, 1.807) is 11.8 Å². The largest absolute Gasteiger partial charge is 0.518 e. The third kappa shape index (κ3) is 2.91. The van der Waals surface area contributed by atoms with Gasteiger partial charge in [0.25, 0.3) is 0 Å². The monoisotopic (exact) mass is 242 g/mol. The molecule has 0 fully saturated rings. The van der Waals surface area contributed by atoms with Gasteiger partial charge in [-0.05, 0) is 24.3 Å². The highest BCUT2D eigenvalue weighted by Crippen LogP contribution is 2.23. The predicted molar refractivity (Wildman–Crippen MR) is 58.3 cm³/mol. The van der Waals surface area contributed by atoms with Gasteiger partial charge in [0.15, 0.2) is 5.76 Å². The van der Waals surface area contributed by atoms with Crippen molar-refractivity contribution in [3.63, 3.8) is 0 Å². The summed E-state index contributed by atoms with van der Waals surface area (Å²) in [5.41, 5.74) is 0. The van der Waals surface area contributed by atoms with Crippen LogP contribution < -0.4 is 5.82 Å². The van der Waals surface area contributed by atoms with Crippen LogP contribution in [0.15, 0.2) is 49.1 Å². The summed E-state index contributed by atoms with van der Waals surface area (Å²) < 4.78 is 9.28. The molecule has 2 rings (SSSR count). The molecule has 1 heterocycles. The summed E-state index contributed by atoms with van der Waals surface area (Å²) in [6.45, 7) is 0. The summed E-state index contributed by atoms with van der Waals surface area (Å²) in [6.07, 6.45) is 1.32. The Balaban J connectivity index is 1.99. The molecule has 0 atom stereocenters. The maximum Gasteiger partial charge on any atom is 0.518 e. The molecule has 0 aliphatic carbocycles. The van der Waals surface area contributed by atoms with E-state index >= 15 is 0 Å². The molecule has 0 bridgehead atoms. The van der Waals surface area contributed by atoms with Crippen molar-refractivity contribution in [2.24, 2.45) is 0 Å². The molecule has 0 unspecified atom stereocenters. The summed E-state index contributed by atoms with van der Waals surface area (Å²) in [5, 5.41) is 0.703. The standard InChI is InChI=1S/C10H7ClO3S/c11-7-1-3-9(4-2-7)15-6-8-5-13-10(12)14-8/h1-5H,6H2. The summed E-state index contributed by atoms with van der Waals surface area (Å²) in [5.74, 6) is 0.426. The van der Waals surface area contributed by atoms with Crippen LogP contribution in [0.1, 0.15) is 5.76 Å². The van der Waals surface area contributed by atoms with Gasteiger partial charge in [-0.3, -0.25) is 0 Å². The predicted octanol–water partition coefficient (Wildman–Crippen LogP) is 3.18. The Bertz CT molecular complexity index is 486. The zero-order chi connectivity index (χ0) is 10.7. The maximum atomic E-state index is 10.6. The van der Waals surface area contributed by atoms with E-state index in [9.17, 15) is 4.79 Å². The number of hydrogen-bond donors (Lipinski definition) is 0. The third-order valence-electron chi connectivity index (χ3n) is 1.70. The molecule has 2 aromatic rings. The van der Waals surface area contributed by atoms with Crippen molar-refractivity contribution < 1.29 is 8.83 Å². The summed E-state index contributed by atoms with van der Waals surface area (Å²) >= 11 is 7.29. The van der Waals surface area contributed by atoms with Gasteiger partial charge in [-0.15, -0.1) is 11.8 Å². The maximum absolute atomic E-state index is 10.6. The van der Waals surface area contributed by atoms with E-state index in [0.29, 0.717) is 16.5 Å².